The number of rotatable bonds is 9. The van der Waals surface area contributed by atoms with Crippen molar-refractivity contribution in [3.8, 4) is 23.0 Å². The normalized spacial score (nSPS) is 15.5. The maximum absolute atomic E-state index is 12.6. The number of benzene rings is 2. The van der Waals surface area contributed by atoms with E-state index in [1.54, 1.807) is 25.3 Å². The molecule has 2 heterocycles. The molecule has 2 amide bonds. The number of hydrogen-bond acceptors (Lipinski definition) is 7. The van der Waals surface area contributed by atoms with Crippen molar-refractivity contribution in [2.45, 2.75) is 12.8 Å². The Kier molecular flexibility index (Phi) is 8.08. The molecule has 2 aliphatic heterocycles. The van der Waals surface area contributed by atoms with E-state index in [-0.39, 0.29) is 24.7 Å². The molecule has 1 saturated heterocycles. The molecule has 2 aliphatic rings. The van der Waals surface area contributed by atoms with Crippen LogP contribution >= 0.6 is 0 Å². The van der Waals surface area contributed by atoms with Crippen LogP contribution in [0, 0.1) is 0 Å². The molecule has 0 saturated carbocycles. The van der Waals surface area contributed by atoms with Crippen LogP contribution in [0.25, 0.3) is 0 Å². The maximum Gasteiger partial charge on any atom is 0.224 e. The van der Waals surface area contributed by atoms with Gasteiger partial charge in [-0.25, -0.2) is 0 Å². The van der Waals surface area contributed by atoms with Crippen LogP contribution in [0.4, 0.5) is 5.69 Å². The first-order valence-electron chi connectivity index (χ1n) is 11.6. The summed E-state index contributed by atoms with van der Waals surface area (Å²) < 4.78 is 22.2. The number of anilines is 1. The number of ether oxygens (including phenoxy) is 4. The van der Waals surface area contributed by atoms with Crippen LogP contribution < -0.4 is 24.3 Å². The van der Waals surface area contributed by atoms with Crippen molar-refractivity contribution in [3.05, 3.63) is 42.5 Å². The molecule has 2 aromatic rings. The van der Waals surface area contributed by atoms with E-state index in [4.69, 9.17) is 18.9 Å². The van der Waals surface area contributed by atoms with Gasteiger partial charge >= 0.3 is 0 Å². The summed E-state index contributed by atoms with van der Waals surface area (Å²) >= 11 is 0. The number of piperazine rings is 1. The minimum Gasteiger partial charge on any atom is -0.493 e. The fraction of sp³-hybridized carbons (Fsp3) is 0.440. The van der Waals surface area contributed by atoms with Gasteiger partial charge < -0.3 is 29.2 Å². The van der Waals surface area contributed by atoms with Crippen molar-refractivity contribution in [1.82, 2.24) is 9.80 Å². The Morgan fingerprint density at radius 2 is 1.68 bits per heavy atom. The predicted molar refractivity (Wildman–Crippen MR) is 127 cm³/mol. The van der Waals surface area contributed by atoms with Crippen molar-refractivity contribution < 1.29 is 28.5 Å². The monoisotopic (exact) mass is 469 g/mol. The fourth-order valence-electron chi connectivity index (χ4n) is 3.97. The van der Waals surface area contributed by atoms with Crippen molar-refractivity contribution >= 4 is 17.5 Å². The lowest BCUT2D eigenvalue weighted by molar-refractivity contribution is -0.134. The fourth-order valence-corrected chi connectivity index (χ4v) is 3.97. The SMILES string of the molecule is COc1ccccc1OCCN1CCN(C(=O)CCC(=O)Nc2ccc3c(c2)OCCO3)CC1. The highest BCUT2D eigenvalue weighted by molar-refractivity contribution is 5.93. The van der Waals surface area contributed by atoms with Crippen LogP contribution in [-0.2, 0) is 9.59 Å². The van der Waals surface area contributed by atoms with E-state index in [1.165, 1.54) is 0 Å². The third-order valence-corrected chi connectivity index (χ3v) is 5.85. The number of carbonyl (C=O) groups is 2. The number of carbonyl (C=O) groups excluding carboxylic acids is 2. The van der Waals surface area contributed by atoms with Gasteiger partial charge in [0, 0.05) is 57.3 Å². The third kappa shape index (κ3) is 6.32. The Bertz CT molecular complexity index is 990. The molecular weight excluding hydrogens is 438 g/mol. The summed E-state index contributed by atoms with van der Waals surface area (Å²) in [7, 11) is 1.63. The molecule has 1 fully saturated rings. The van der Waals surface area contributed by atoms with Gasteiger partial charge in [-0.15, -0.1) is 0 Å². The molecule has 0 unspecified atom stereocenters. The second-order valence-electron chi connectivity index (χ2n) is 8.13. The first kappa shape index (κ1) is 23.7. The predicted octanol–water partition coefficient (Wildman–Crippen LogP) is 2.41. The molecule has 0 bridgehead atoms. The summed E-state index contributed by atoms with van der Waals surface area (Å²) in [5.74, 6) is 2.54. The molecule has 0 atom stereocenters. The molecule has 182 valence electrons. The molecule has 0 spiro atoms. The third-order valence-electron chi connectivity index (χ3n) is 5.85. The van der Waals surface area contributed by atoms with Crippen LogP contribution in [0.15, 0.2) is 42.5 Å². The summed E-state index contributed by atoms with van der Waals surface area (Å²) in [5.41, 5.74) is 0.630. The summed E-state index contributed by atoms with van der Waals surface area (Å²) in [4.78, 5) is 29.0. The Labute approximate surface area is 199 Å². The Hall–Kier alpha value is -3.46. The summed E-state index contributed by atoms with van der Waals surface area (Å²) in [6.07, 6.45) is 0.327. The lowest BCUT2D eigenvalue weighted by Crippen LogP contribution is -2.49. The van der Waals surface area contributed by atoms with Gasteiger partial charge in [0.25, 0.3) is 0 Å². The van der Waals surface area contributed by atoms with E-state index in [2.05, 4.69) is 10.2 Å². The second kappa shape index (κ2) is 11.6. The number of para-hydroxylation sites is 2. The van der Waals surface area contributed by atoms with Gasteiger partial charge in [-0.3, -0.25) is 14.5 Å². The number of amides is 2. The van der Waals surface area contributed by atoms with Crippen LogP contribution in [0.1, 0.15) is 12.8 Å². The van der Waals surface area contributed by atoms with Gasteiger partial charge in [0.1, 0.15) is 19.8 Å². The highest BCUT2D eigenvalue weighted by Crippen LogP contribution is 2.32. The zero-order valence-electron chi connectivity index (χ0n) is 19.5. The number of nitrogens with zero attached hydrogens (tertiary/aromatic N) is 2. The largest absolute Gasteiger partial charge is 0.493 e. The van der Waals surface area contributed by atoms with Gasteiger partial charge in [0.15, 0.2) is 23.0 Å². The highest BCUT2D eigenvalue weighted by atomic mass is 16.6. The molecule has 9 nitrogen and oxygen atoms in total. The quantitative estimate of drug-likeness (QED) is 0.603. The average molecular weight is 470 g/mol. The topological polar surface area (TPSA) is 89.6 Å². The Balaban J connectivity index is 1.14. The summed E-state index contributed by atoms with van der Waals surface area (Å²) in [5, 5.41) is 2.83. The van der Waals surface area contributed by atoms with E-state index in [0.29, 0.717) is 50.1 Å². The van der Waals surface area contributed by atoms with E-state index < -0.39 is 0 Å². The molecule has 1 N–H and O–H groups in total. The van der Waals surface area contributed by atoms with Crippen molar-refractivity contribution in [3.63, 3.8) is 0 Å². The first-order valence-corrected chi connectivity index (χ1v) is 11.6. The van der Waals surface area contributed by atoms with Gasteiger partial charge in [-0.2, -0.15) is 0 Å². The smallest absolute Gasteiger partial charge is 0.224 e. The molecule has 4 rings (SSSR count). The van der Waals surface area contributed by atoms with Crippen LogP contribution in [0.5, 0.6) is 23.0 Å². The summed E-state index contributed by atoms with van der Waals surface area (Å²) in [6, 6.07) is 12.9. The van der Waals surface area contributed by atoms with Crippen LogP contribution in [-0.4, -0.2) is 81.3 Å². The Morgan fingerprint density at radius 3 is 2.44 bits per heavy atom. The molecule has 0 aromatic heterocycles. The number of methoxy groups -OCH3 is 1. The molecule has 34 heavy (non-hydrogen) atoms. The Morgan fingerprint density at radius 1 is 0.941 bits per heavy atom. The van der Waals surface area contributed by atoms with Crippen molar-refractivity contribution in [2.75, 3.05) is 65.0 Å². The standard InChI is InChI=1S/C25H31N3O6/c1-31-20-4-2-3-5-21(20)32-15-14-27-10-12-28(13-11-27)25(30)9-8-24(29)26-19-6-7-22-23(18-19)34-17-16-33-22/h2-7,18H,8-17H2,1H3,(H,26,29). The molecule has 0 aliphatic carbocycles. The lowest BCUT2D eigenvalue weighted by atomic mass is 10.2. The van der Waals surface area contributed by atoms with Crippen LogP contribution in [0.3, 0.4) is 0 Å². The zero-order valence-corrected chi connectivity index (χ0v) is 19.5. The van der Waals surface area contributed by atoms with E-state index >= 15 is 0 Å². The second-order valence-corrected chi connectivity index (χ2v) is 8.13. The van der Waals surface area contributed by atoms with Gasteiger partial charge in [-0.05, 0) is 24.3 Å². The average Bonchev–Trinajstić information content (AvgIpc) is 2.88. The first-order chi connectivity index (χ1) is 16.6. The van der Waals surface area contributed by atoms with E-state index in [0.717, 1.165) is 31.1 Å². The molecule has 9 heteroatoms. The van der Waals surface area contributed by atoms with Crippen molar-refractivity contribution in [2.24, 2.45) is 0 Å². The maximum atomic E-state index is 12.6. The summed E-state index contributed by atoms with van der Waals surface area (Å²) in [6.45, 7) is 5.20. The lowest BCUT2D eigenvalue weighted by Gasteiger charge is -2.34. The zero-order chi connectivity index (χ0) is 23.8. The van der Waals surface area contributed by atoms with E-state index in [1.807, 2.05) is 29.2 Å². The number of hydrogen-bond donors (Lipinski definition) is 1. The number of fused-ring (bicyclic) bond motifs is 1. The minimum atomic E-state index is -0.197. The highest BCUT2D eigenvalue weighted by Gasteiger charge is 2.22. The minimum absolute atomic E-state index is 0.00208. The molecule has 2 aromatic carbocycles. The molecule has 0 radical (unpaired) electrons. The van der Waals surface area contributed by atoms with Gasteiger partial charge in [-0.1, -0.05) is 12.1 Å². The van der Waals surface area contributed by atoms with Gasteiger partial charge in [0.05, 0.1) is 7.11 Å². The van der Waals surface area contributed by atoms with Crippen molar-refractivity contribution in [1.29, 1.82) is 0 Å². The number of nitrogens with one attached hydrogen (secondary N) is 1. The molecular formula is C25H31N3O6. The van der Waals surface area contributed by atoms with E-state index in [9.17, 15) is 9.59 Å². The van der Waals surface area contributed by atoms with Gasteiger partial charge in [0.2, 0.25) is 11.8 Å². The van der Waals surface area contributed by atoms with Crippen LogP contribution in [0.2, 0.25) is 0 Å².